The van der Waals surface area contributed by atoms with E-state index in [-0.39, 0.29) is 90.9 Å². The van der Waals surface area contributed by atoms with Crippen molar-refractivity contribution in [3.8, 4) is 0 Å². The first-order valence-corrected chi connectivity index (χ1v) is 42.6. The van der Waals surface area contributed by atoms with Crippen LogP contribution >= 0.6 is 0 Å². The van der Waals surface area contributed by atoms with E-state index in [0.717, 1.165) is 33.2 Å². The molecule has 3 fully saturated rings. The number of pyridine rings is 4. The highest BCUT2D eigenvalue weighted by Gasteiger charge is 2.39. The number of carbonyl (C=O) groups excluding carboxylic acids is 4. The van der Waals surface area contributed by atoms with Gasteiger partial charge < -0.3 is 59.4 Å². The molecule has 1 atom stereocenters. The number of anilines is 8. The fourth-order valence-corrected chi connectivity index (χ4v) is 16.5. The number of aromatic amines is 4. The number of alkyl halides is 2. The van der Waals surface area contributed by atoms with Gasteiger partial charge in [-0.15, -0.1) is 0 Å². The van der Waals surface area contributed by atoms with Gasteiger partial charge in [0, 0.05) is 130 Å². The van der Waals surface area contributed by atoms with Gasteiger partial charge in [-0.05, 0) is 123 Å². The maximum Gasteiger partial charge on any atom is 0.276 e. The van der Waals surface area contributed by atoms with Crippen molar-refractivity contribution in [2.45, 2.75) is 43.3 Å². The Morgan fingerprint density at radius 2 is 0.873 bits per heavy atom. The second-order valence-corrected chi connectivity index (χ2v) is 35.0. The molecule has 4 amide bonds. The van der Waals surface area contributed by atoms with Crippen LogP contribution in [0.25, 0.3) is 88.0 Å². The molecule has 9 N–H and O–H groups in total. The lowest BCUT2D eigenvalue weighted by molar-refractivity contribution is -0.0562. The number of halogens is 2. The van der Waals surface area contributed by atoms with Crippen molar-refractivity contribution in [3.05, 3.63) is 169 Å². The zero-order valence-electron chi connectivity index (χ0n) is 62.4. The van der Waals surface area contributed by atoms with E-state index in [1.165, 1.54) is 16.1 Å². The number of hydrogen-bond donors (Lipinski definition) is 9. The van der Waals surface area contributed by atoms with E-state index < -0.39 is 59.0 Å². The van der Waals surface area contributed by atoms with E-state index in [9.17, 15) is 53.2 Å². The number of aromatic nitrogens is 16. The molecule has 12 aromatic heterocycles. The van der Waals surface area contributed by atoms with Crippen LogP contribution in [0.4, 0.5) is 54.8 Å². The van der Waals surface area contributed by atoms with Crippen molar-refractivity contribution < 1.29 is 71.3 Å². The third-order valence-electron chi connectivity index (χ3n) is 19.6. The smallest absolute Gasteiger partial charge is 0.276 e. The molecule has 16 aromatic rings. The lowest BCUT2D eigenvalue weighted by Gasteiger charge is -2.31. The molecule has 0 spiro atoms. The zero-order valence-corrected chi connectivity index (χ0v) is 64.9. The molecule has 4 aromatic carbocycles. The maximum absolute atomic E-state index is 13.7. The molecule has 1 unspecified atom stereocenters. The molecule has 3 saturated heterocycles. The third kappa shape index (κ3) is 17.2. The van der Waals surface area contributed by atoms with Crippen molar-refractivity contribution in [2.75, 3.05) is 96.9 Å². The number of nitrogens with one attached hydrogen (secondary N) is 9. The minimum atomic E-state index is -3.19. The van der Waals surface area contributed by atoms with Gasteiger partial charge in [-0.1, -0.05) is 20.6 Å². The molecule has 606 valence electrons. The van der Waals surface area contributed by atoms with Gasteiger partial charge >= 0.3 is 0 Å². The Hall–Kier alpha value is -14.0. The monoisotopic (exact) mass is 1660 g/mol. The zero-order chi connectivity index (χ0) is 82.0. The second kappa shape index (κ2) is 32.4. The fraction of sp³-hybridized carbons (Fsp3) is 0.253. The summed E-state index contributed by atoms with van der Waals surface area (Å²) in [7, 11) is -9.34. The molecule has 19 rings (SSSR count). The van der Waals surface area contributed by atoms with Crippen LogP contribution in [-0.4, -0.2) is 232 Å². The van der Waals surface area contributed by atoms with E-state index >= 15 is 0 Å². The predicted molar refractivity (Wildman–Crippen MR) is 430 cm³/mol. The van der Waals surface area contributed by atoms with E-state index in [4.69, 9.17) is 18.1 Å². The van der Waals surface area contributed by atoms with Gasteiger partial charge in [0.2, 0.25) is 0 Å². The number of H-pyrrole nitrogens is 4. The van der Waals surface area contributed by atoms with Crippen LogP contribution in [0.3, 0.4) is 0 Å². The number of amides is 4. The SMILES string of the molecule is CS(=O)(=O)C1CCN(C(=O)c2noc3cc(Nc4n[nH]c5cccnc45)ccc23)C1.CS(=O)(=O)CCCNC(=O)c1noc2cc(Nc3n[nH]c4cccnc34)ccc12.O=C(c1noc2cc(Nc3n[nH]c4cccnc34)ccc12)N1CCCC(F)(F)C1.O=C(c1noc2cc(Nc3n[nH]c4cccnc34)ccc12)N1CCCS(=O)(=O)CC1. The molecule has 38 nitrogen and oxygen atoms in total. The first-order valence-electron chi connectivity index (χ1n) is 36.7. The Morgan fingerprint density at radius 3 is 1.26 bits per heavy atom. The van der Waals surface area contributed by atoms with Gasteiger partial charge in [-0.3, -0.25) is 59.5 Å². The lowest BCUT2D eigenvalue weighted by atomic mass is 10.1. The highest BCUT2D eigenvalue weighted by atomic mass is 32.2. The van der Waals surface area contributed by atoms with Crippen molar-refractivity contribution in [1.82, 2.24) is 101 Å². The molecule has 3 aliphatic rings. The summed E-state index contributed by atoms with van der Waals surface area (Å²) in [5.41, 5.74) is 11.1. The Kier molecular flexibility index (Phi) is 21.4. The number of piperidine rings is 1. The van der Waals surface area contributed by atoms with Crippen molar-refractivity contribution >= 4 is 187 Å². The largest absolute Gasteiger partial charge is 0.355 e. The number of carbonyl (C=O) groups is 4. The number of benzene rings is 4. The summed E-state index contributed by atoms with van der Waals surface area (Å²) in [5.74, 6) is -2.14. The van der Waals surface area contributed by atoms with Gasteiger partial charge in [-0.2, -0.15) is 20.4 Å². The summed E-state index contributed by atoms with van der Waals surface area (Å²) in [6.07, 6.45) is 10.3. The van der Waals surface area contributed by atoms with Crippen LogP contribution in [0.2, 0.25) is 0 Å². The Morgan fingerprint density at radius 1 is 0.492 bits per heavy atom. The normalized spacial score (nSPS) is 15.5. The van der Waals surface area contributed by atoms with Gasteiger partial charge in [-0.25, -0.2) is 34.0 Å². The summed E-state index contributed by atoms with van der Waals surface area (Å²) >= 11 is 0. The summed E-state index contributed by atoms with van der Waals surface area (Å²) < 4.78 is 118. The average molecular weight is 1670 g/mol. The fourth-order valence-electron chi connectivity index (χ4n) is 13.6. The van der Waals surface area contributed by atoms with Crippen LogP contribution in [0, 0.1) is 0 Å². The number of hydrogen-bond acceptors (Lipinski definition) is 30. The van der Waals surface area contributed by atoms with E-state index in [1.807, 2.05) is 48.5 Å². The third-order valence-corrected chi connectivity index (χ3v) is 23.9. The molecule has 0 bridgehead atoms. The number of rotatable bonds is 17. The van der Waals surface area contributed by atoms with Crippen LogP contribution in [-0.2, 0) is 29.5 Å². The first kappa shape index (κ1) is 77.9. The number of nitrogens with zero attached hydrogens (tertiary/aromatic N) is 15. The Balaban J connectivity index is 0.000000118. The molecule has 15 heterocycles. The van der Waals surface area contributed by atoms with E-state index in [1.54, 1.807) is 97.6 Å². The summed E-state index contributed by atoms with van der Waals surface area (Å²) in [6, 6.07) is 35.6. The topological polar surface area (TPSA) is 511 Å². The van der Waals surface area contributed by atoms with Crippen LogP contribution in [0.5, 0.6) is 0 Å². The number of sulfone groups is 3. The quantitative estimate of drug-likeness (QED) is 0.0383. The standard InChI is InChI=1S/C19H16F2N6O2.2C19H18N6O4S.C18H18N6O4S/c20-19(21)6-2-8-27(10-19)18(28)15-12-5-4-11(9-14(12)29-26-15)23-17-16-13(24-25-17)3-1-7-22-16;1-30(27,28)12-6-8-25(10-12)19(26)16-13-5-4-11(9-15(13)29-24-16)21-18-17-14(22-23-18)3-2-7-20-17;26-19(25-7-2-9-30(27,28)10-8-25)16-13-5-4-12(11-15(13)29-24-16)21-18-17-14(22-23-18)3-1-6-20-17;1-29(26,27)9-3-8-20-18(25)15-12-6-5-11(10-14(12)28-24-15)21-17-16-13(22-23-17)4-2-7-19-16/h1,3-5,7,9H,2,6,8,10H2,(H2,23,24,25);2-5,7,9,12H,6,8,10H2,1H3,(H2,21,22,23);1,3-6,11H,2,7-10H2,(H2,21,22,23);2,4-7,10H,3,8-9H2,1H3,(H,20,25)(H2,21,22,23). The summed E-state index contributed by atoms with van der Waals surface area (Å²) in [6.45, 7) is 1.01. The molecule has 0 saturated carbocycles. The molecule has 43 heteroatoms. The maximum atomic E-state index is 13.7. The highest BCUT2D eigenvalue weighted by molar-refractivity contribution is 7.91. The van der Waals surface area contributed by atoms with Crippen LogP contribution in [0.1, 0.15) is 74.1 Å². The van der Waals surface area contributed by atoms with Crippen molar-refractivity contribution in [1.29, 1.82) is 0 Å². The van der Waals surface area contributed by atoms with Gasteiger partial charge in [0.1, 0.15) is 31.9 Å². The molecular formula is C75H70F2N24O14S3. The minimum absolute atomic E-state index is 0.0125. The number of fused-ring (bicyclic) bond motifs is 8. The first-order chi connectivity index (χ1) is 56.8. The van der Waals surface area contributed by atoms with Gasteiger partial charge in [0.25, 0.3) is 29.6 Å². The molecule has 0 radical (unpaired) electrons. The Labute approximate surface area is 665 Å². The van der Waals surface area contributed by atoms with Crippen LogP contribution < -0.4 is 26.6 Å². The van der Waals surface area contributed by atoms with E-state index in [0.29, 0.717) is 144 Å². The Bertz CT molecular complexity index is 6870. The van der Waals surface area contributed by atoms with Crippen molar-refractivity contribution in [2.24, 2.45) is 0 Å². The summed E-state index contributed by atoms with van der Waals surface area (Å²) in [5, 5.41) is 61.0. The predicted octanol–water partition coefficient (Wildman–Crippen LogP) is 9.93. The number of likely N-dealkylation sites (tertiary alicyclic amines) is 2. The van der Waals surface area contributed by atoms with Gasteiger partial charge in [0.05, 0.1) is 72.7 Å². The molecule has 118 heavy (non-hydrogen) atoms. The molecular weight excluding hydrogens is 1600 g/mol. The highest BCUT2D eigenvalue weighted by Crippen LogP contribution is 2.35. The molecule has 3 aliphatic heterocycles. The second-order valence-electron chi connectivity index (χ2n) is 28.1. The minimum Gasteiger partial charge on any atom is -0.355 e. The molecule has 0 aliphatic carbocycles. The van der Waals surface area contributed by atoms with E-state index in [2.05, 4.69) is 108 Å². The summed E-state index contributed by atoms with van der Waals surface area (Å²) in [4.78, 5) is 72.1. The average Bonchev–Trinajstić information content (AvgIpc) is 1.64. The van der Waals surface area contributed by atoms with Crippen LogP contribution in [0.15, 0.2) is 164 Å². The van der Waals surface area contributed by atoms with Gasteiger partial charge in [0.15, 0.2) is 88.1 Å². The van der Waals surface area contributed by atoms with Crippen molar-refractivity contribution in [3.63, 3.8) is 0 Å². The lowest BCUT2D eigenvalue weighted by Crippen LogP contribution is -2.45.